The molecule has 7 nitrogen and oxygen atoms in total. The van der Waals surface area contributed by atoms with Crippen LogP contribution in [0.2, 0.25) is 0 Å². The summed E-state index contributed by atoms with van der Waals surface area (Å²) in [5.74, 6) is -2.03. The number of rotatable bonds is 5. The largest absolute Gasteiger partial charge is 0.493 e. The zero-order valence-corrected chi connectivity index (χ0v) is 12.7. The third-order valence-corrected chi connectivity index (χ3v) is 4.14. The molecule has 2 aliphatic heterocycles. The maximum Gasteiger partial charge on any atom is 0.310 e. The predicted molar refractivity (Wildman–Crippen MR) is 80.6 cm³/mol. The summed E-state index contributed by atoms with van der Waals surface area (Å²) < 4.78 is 15.8. The SMILES string of the molecule is COc1ccc(NC(=O)[C@@H]2[C@@H](C(=O)O)[C@H]3C=C[C@H]2O3)cc1OC. The first-order valence-corrected chi connectivity index (χ1v) is 7.14. The van der Waals surface area contributed by atoms with E-state index in [1.807, 2.05) is 0 Å². The van der Waals surface area contributed by atoms with Gasteiger partial charge in [-0.25, -0.2) is 0 Å². The normalized spacial score (nSPS) is 27.7. The molecule has 1 amide bonds. The molecule has 0 saturated carbocycles. The highest BCUT2D eigenvalue weighted by Gasteiger charge is 2.53. The van der Waals surface area contributed by atoms with E-state index < -0.39 is 30.0 Å². The van der Waals surface area contributed by atoms with E-state index in [0.717, 1.165) is 0 Å². The van der Waals surface area contributed by atoms with Gasteiger partial charge in [-0.3, -0.25) is 9.59 Å². The smallest absolute Gasteiger partial charge is 0.310 e. The summed E-state index contributed by atoms with van der Waals surface area (Å²) in [5, 5.41) is 12.1. The lowest BCUT2D eigenvalue weighted by atomic mass is 9.82. The molecule has 1 saturated heterocycles. The van der Waals surface area contributed by atoms with E-state index in [1.165, 1.54) is 14.2 Å². The number of carbonyl (C=O) groups excluding carboxylic acids is 1. The van der Waals surface area contributed by atoms with Crippen LogP contribution in [0.1, 0.15) is 0 Å². The number of amides is 1. The van der Waals surface area contributed by atoms with E-state index in [2.05, 4.69) is 5.32 Å². The summed E-state index contributed by atoms with van der Waals surface area (Å²) in [4.78, 5) is 23.9. The van der Waals surface area contributed by atoms with E-state index in [0.29, 0.717) is 17.2 Å². The third kappa shape index (κ3) is 2.63. The van der Waals surface area contributed by atoms with Gasteiger partial charge in [0, 0.05) is 11.8 Å². The first-order chi connectivity index (χ1) is 11.0. The Bertz CT molecular complexity index is 671. The monoisotopic (exact) mass is 319 g/mol. The summed E-state index contributed by atoms with van der Waals surface area (Å²) in [6, 6.07) is 4.95. The van der Waals surface area contributed by atoms with E-state index >= 15 is 0 Å². The molecule has 0 aliphatic carbocycles. The Morgan fingerprint density at radius 3 is 2.35 bits per heavy atom. The fourth-order valence-corrected chi connectivity index (χ4v) is 3.05. The molecule has 23 heavy (non-hydrogen) atoms. The van der Waals surface area contributed by atoms with Crippen molar-refractivity contribution >= 4 is 17.6 Å². The van der Waals surface area contributed by atoms with Crippen LogP contribution in [0.25, 0.3) is 0 Å². The van der Waals surface area contributed by atoms with Gasteiger partial charge in [-0.05, 0) is 12.1 Å². The molecule has 2 aliphatic rings. The minimum absolute atomic E-state index is 0.388. The van der Waals surface area contributed by atoms with Crippen molar-refractivity contribution in [3.05, 3.63) is 30.4 Å². The molecule has 2 heterocycles. The Morgan fingerprint density at radius 2 is 1.74 bits per heavy atom. The van der Waals surface area contributed by atoms with E-state index in [-0.39, 0.29) is 5.91 Å². The van der Waals surface area contributed by atoms with E-state index in [4.69, 9.17) is 14.2 Å². The number of fused-ring (bicyclic) bond motifs is 2. The van der Waals surface area contributed by atoms with Gasteiger partial charge in [-0.15, -0.1) is 0 Å². The van der Waals surface area contributed by atoms with Crippen molar-refractivity contribution in [2.75, 3.05) is 19.5 Å². The summed E-state index contributed by atoms with van der Waals surface area (Å²) >= 11 is 0. The molecule has 3 rings (SSSR count). The molecule has 0 unspecified atom stereocenters. The summed E-state index contributed by atoms with van der Waals surface area (Å²) in [6.07, 6.45) is 2.40. The quantitative estimate of drug-likeness (QED) is 0.795. The van der Waals surface area contributed by atoms with Gasteiger partial charge in [0.25, 0.3) is 0 Å². The first kappa shape index (κ1) is 15.4. The summed E-state index contributed by atoms with van der Waals surface area (Å²) in [5.41, 5.74) is 0.503. The van der Waals surface area contributed by atoms with Crippen LogP contribution >= 0.6 is 0 Å². The van der Waals surface area contributed by atoms with Gasteiger partial charge in [0.2, 0.25) is 5.91 Å². The molecular formula is C16H17NO6. The second-order valence-electron chi connectivity index (χ2n) is 5.40. The number of nitrogens with one attached hydrogen (secondary N) is 1. The lowest BCUT2D eigenvalue weighted by Crippen LogP contribution is -2.39. The van der Waals surface area contributed by atoms with Crippen LogP contribution in [0.5, 0.6) is 11.5 Å². The molecule has 0 radical (unpaired) electrons. The zero-order chi connectivity index (χ0) is 16.6. The fourth-order valence-electron chi connectivity index (χ4n) is 3.05. The standard InChI is InChI=1S/C16H17NO6/c1-21-9-4-3-8(7-12(9)22-2)17-15(18)13-10-5-6-11(23-10)14(13)16(19)20/h3-7,10-11,13-14H,1-2H3,(H,17,18)(H,19,20)/t10-,11-,13+,14+/m1/s1. The van der Waals surface area contributed by atoms with Crippen molar-refractivity contribution in [2.45, 2.75) is 12.2 Å². The van der Waals surface area contributed by atoms with Crippen LogP contribution in [0.15, 0.2) is 30.4 Å². The number of ether oxygens (including phenoxy) is 3. The van der Waals surface area contributed by atoms with E-state index in [9.17, 15) is 14.7 Å². The van der Waals surface area contributed by atoms with Crippen LogP contribution < -0.4 is 14.8 Å². The van der Waals surface area contributed by atoms with Crippen molar-refractivity contribution < 1.29 is 28.9 Å². The van der Waals surface area contributed by atoms with Crippen molar-refractivity contribution in [1.82, 2.24) is 0 Å². The number of carbonyl (C=O) groups is 2. The van der Waals surface area contributed by atoms with Crippen molar-refractivity contribution in [3.8, 4) is 11.5 Å². The maximum absolute atomic E-state index is 12.5. The summed E-state index contributed by atoms with van der Waals surface area (Å²) in [6.45, 7) is 0. The highest BCUT2D eigenvalue weighted by atomic mass is 16.5. The molecule has 2 N–H and O–H groups in total. The van der Waals surface area contributed by atoms with Crippen molar-refractivity contribution in [1.29, 1.82) is 0 Å². The third-order valence-electron chi connectivity index (χ3n) is 4.14. The van der Waals surface area contributed by atoms with Crippen LogP contribution in [-0.4, -0.2) is 43.4 Å². The molecular weight excluding hydrogens is 302 g/mol. The highest BCUT2D eigenvalue weighted by molar-refractivity contribution is 5.96. The van der Waals surface area contributed by atoms with Crippen LogP contribution in [-0.2, 0) is 14.3 Å². The second kappa shape index (κ2) is 5.92. The number of anilines is 1. The number of carboxylic acids is 1. The Balaban J connectivity index is 1.79. The van der Waals surface area contributed by atoms with Gasteiger partial charge in [-0.1, -0.05) is 12.2 Å². The Morgan fingerprint density at radius 1 is 1.09 bits per heavy atom. The number of benzene rings is 1. The Labute approximate surface area is 132 Å². The van der Waals surface area contributed by atoms with Gasteiger partial charge in [0.05, 0.1) is 32.3 Å². The molecule has 4 atom stereocenters. The van der Waals surface area contributed by atoms with Crippen molar-refractivity contribution in [3.63, 3.8) is 0 Å². The zero-order valence-electron chi connectivity index (χ0n) is 12.7. The second-order valence-corrected chi connectivity index (χ2v) is 5.40. The van der Waals surface area contributed by atoms with Crippen molar-refractivity contribution in [2.24, 2.45) is 11.8 Å². The predicted octanol–water partition coefficient (Wildman–Crippen LogP) is 1.30. The van der Waals surface area contributed by atoms with Gasteiger partial charge in [0.15, 0.2) is 11.5 Å². The average molecular weight is 319 g/mol. The van der Waals surface area contributed by atoms with Gasteiger partial charge >= 0.3 is 5.97 Å². The molecule has 0 spiro atoms. The number of carboxylic acid groups (broad SMARTS) is 1. The number of hydrogen-bond acceptors (Lipinski definition) is 5. The summed E-state index contributed by atoms with van der Waals surface area (Å²) in [7, 11) is 3.02. The topological polar surface area (TPSA) is 94.1 Å². The molecule has 7 heteroatoms. The van der Waals surface area contributed by atoms with Crippen LogP contribution in [0.4, 0.5) is 5.69 Å². The fraction of sp³-hybridized carbons (Fsp3) is 0.375. The van der Waals surface area contributed by atoms with Gasteiger partial charge in [-0.2, -0.15) is 0 Å². The molecule has 1 aromatic rings. The highest BCUT2D eigenvalue weighted by Crippen LogP contribution is 2.40. The van der Waals surface area contributed by atoms with Crippen LogP contribution in [0, 0.1) is 11.8 Å². The molecule has 0 aromatic heterocycles. The minimum atomic E-state index is -1.03. The maximum atomic E-state index is 12.5. The Kier molecular flexibility index (Phi) is 3.96. The molecule has 122 valence electrons. The minimum Gasteiger partial charge on any atom is -0.493 e. The van der Waals surface area contributed by atoms with Crippen LogP contribution in [0.3, 0.4) is 0 Å². The molecule has 1 fully saturated rings. The average Bonchev–Trinajstić information content (AvgIpc) is 3.15. The Hall–Kier alpha value is -2.54. The van der Waals surface area contributed by atoms with Gasteiger partial charge < -0.3 is 24.6 Å². The molecule has 2 bridgehead atoms. The number of aliphatic carboxylic acids is 1. The number of hydrogen-bond donors (Lipinski definition) is 2. The number of methoxy groups -OCH3 is 2. The molecule has 1 aromatic carbocycles. The van der Waals surface area contributed by atoms with E-state index in [1.54, 1.807) is 30.4 Å². The lowest BCUT2D eigenvalue weighted by molar-refractivity contribution is -0.145. The lowest BCUT2D eigenvalue weighted by Gasteiger charge is -2.21. The first-order valence-electron chi connectivity index (χ1n) is 7.14. The van der Waals surface area contributed by atoms with Gasteiger partial charge in [0.1, 0.15) is 5.92 Å².